The van der Waals surface area contributed by atoms with Gasteiger partial charge in [-0.2, -0.15) is 0 Å². The molecule has 0 aromatic heterocycles. The quantitative estimate of drug-likeness (QED) is 0.410. The molecule has 0 radical (unpaired) electrons. The van der Waals surface area contributed by atoms with E-state index in [0.717, 1.165) is 43.3 Å². The normalized spacial score (nSPS) is 40.8. The zero-order chi connectivity index (χ0) is 21.2. The van der Waals surface area contributed by atoms with E-state index in [0.29, 0.717) is 35.4 Å². The van der Waals surface area contributed by atoms with Gasteiger partial charge in [-0.1, -0.05) is 60.0 Å². The molecule has 29 heavy (non-hydrogen) atoms. The predicted octanol–water partition coefficient (Wildman–Crippen LogP) is 7.02. The summed E-state index contributed by atoms with van der Waals surface area (Å²) in [7, 11) is 0. The molecule has 3 aliphatic carbocycles. The highest BCUT2D eigenvalue weighted by molar-refractivity contribution is 5.95. The van der Waals surface area contributed by atoms with Crippen molar-refractivity contribution >= 4 is 12.1 Å². The van der Waals surface area contributed by atoms with Gasteiger partial charge in [-0.05, 0) is 85.5 Å². The van der Waals surface area contributed by atoms with Crippen molar-refractivity contribution in [3.63, 3.8) is 0 Å². The van der Waals surface area contributed by atoms with Crippen LogP contribution in [0.1, 0.15) is 98.8 Å². The topological polar surface area (TPSA) is 34.1 Å². The first-order chi connectivity index (χ1) is 13.7. The maximum Gasteiger partial charge on any atom is 0.161 e. The molecule has 0 spiro atoms. The fourth-order valence-electron chi connectivity index (χ4n) is 7.80. The second kappa shape index (κ2) is 9.06. The molecule has 2 nitrogen and oxygen atoms in total. The van der Waals surface area contributed by atoms with Crippen molar-refractivity contribution in [1.29, 1.82) is 0 Å². The summed E-state index contributed by atoms with van der Waals surface area (Å²) in [5, 5.41) is 0. The van der Waals surface area contributed by atoms with Crippen LogP contribution in [0.2, 0.25) is 0 Å². The molecule has 0 aromatic carbocycles. The van der Waals surface area contributed by atoms with Gasteiger partial charge in [0.25, 0.3) is 0 Å². The van der Waals surface area contributed by atoms with Crippen LogP contribution in [0, 0.1) is 46.3 Å². The second-order valence-electron chi connectivity index (χ2n) is 11.5. The summed E-state index contributed by atoms with van der Waals surface area (Å²) < 4.78 is 0. The van der Waals surface area contributed by atoms with E-state index >= 15 is 0 Å². The van der Waals surface area contributed by atoms with Crippen LogP contribution in [0.15, 0.2) is 12.2 Å². The van der Waals surface area contributed by atoms with Crippen molar-refractivity contribution in [2.45, 2.75) is 98.8 Å². The van der Waals surface area contributed by atoms with Gasteiger partial charge in [0, 0.05) is 11.8 Å². The molecule has 164 valence electrons. The summed E-state index contributed by atoms with van der Waals surface area (Å²) in [6, 6.07) is 0. The van der Waals surface area contributed by atoms with E-state index in [1.165, 1.54) is 38.5 Å². The largest absolute Gasteiger partial charge is 0.303 e. The van der Waals surface area contributed by atoms with Gasteiger partial charge in [0.2, 0.25) is 0 Å². The number of carbonyl (C=O) groups is 2. The molecule has 0 aliphatic heterocycles. The lowest BCUT2D eigenvalue weighted by atomic mass is 9.50. The maximum atomic E-state index is 12.9. The smallest absolute Gasteiger partial charge is 0.161 e. The highest BCUT2D eigenvalue weighted by atomic mass is 16.1. The van der Waals surface area contributed by atoms with E-state index in [-0.39, 0.29) is 5.41 Å². The molecular formula is C27H44O2. The summed E-state index contributed by atoms with van der Waals surface area (Å²) in [4.78, 5) is 24.6. The SMILES string of the molecule is CC(C)CCC[C@@H](C)[C@H]1CC[C@H]2C(CC=O)C([C@@]3(C)CCC=CC3=O)CC[C@]12C. The van der Waals surface area contributed by atoms with Crippen LogP contribution in [0.3, 0.4) is 0 Å². The fraction of sp³-hybridized carbons (Fsp3) is 0.852. The number of hydrogen-bond acceptors (Lipinski definition) is 2. The average molecular weight is 401 g/mol. The summed E-state index contributed by atoms with van der Waals surface area (Å²) >= 11 is 0. The van der Waals surface area contributed by atoms with Crippen molar-refractivity contribution in [3.8, 4) is 0 Å². The lowest BCUT2D eigenvalue weighted by molar-refractivity contribution is -0.135. The maximum absolute atomic E-state index is 12.9. The molecule has 3 rings (SSSR count). The van der Waals surface area contributed by atoms with Crippen molar-refractivity contribution < 1.29 is 9.59 Å². The van der Waals surface area contributed by atoms with Gasteiger partial charge in [0.05, 0.1) is 0 Å². The summed E-state index contributed by atoms with van der Waals surface area (Å²) in [6.07, 6.45) is 16.6. The summed E-state index contributed by atoms with van der Waals surface area (Å²) in [5.74, 6) is 4.03. The van der Waals surface area contributed by atoms with E-state index in [9.17, 15) is 9.59 Å². The van der Waals surface area contributed by atoms with Gasteiger partial charge in [-0.3, -0.25) is 4.79 Å². The predicted molar refractivity (Wildman–Crippen MR) is 121 cm³/mol. The summed E-state index contributed by atoms with van der Waals surface area (Å²) in [5.41, 5.74) is 0.0933. The molecule has 2 unspecified atom stereocenters. The number of aldehydes is 1. The Labute approximate surface area is 179 Å². The molecule has 0 amide bonds. The number of fused-ring (bicyclic) bond motifs is 1. The van der Waals surface area contributed by atoms with Gasteiger partial charge in [-0.15, -0.1) is 0 Å². The number of carbonyl (C=O) groups excluding carboxylic acids is 2. The van der Waals surface area contributed by atoms with Crippen LogP contribution >= 0.6 is 0 Å². The van der Waals surface area contributed by atoms with Crippen molar-refractivity contribution in [3.05, 3.63) is 12.2 Å². The zero-order valence-electron chi connectivity index (χ0n) is 19.6. The van der Waals surface area contributed by atoms with Gasteiger partial charge < -0.3 is 4.79 Å². The van der Waals surface area contributed by atoms with Gasteiger partial charge in [0.1, 0.15) is 6.29 Å². The lowest BCUT2D eigenvalue weighted by Crippen LogP contribution is -2.50. The highest BCUT2D eigenvalue weighted by Gasteiger charge is 2.58. The first-order valence-electron chi connectivity index (χ1n) is 12.4. The highest BCUT2D eigenvalue weighted by Crippen LogP contribution is 2.64. The number of rotatable bonds is 8. The van der Waals surface area contributed by atoms with Crippen LogP contribution < -0.4 is 0 Å². The standard InChI is InChI=1S/C27H44O2/c1-19(2)9-8-10-20(3)22-12-13-23-21(15-18-28)24(14-17-26(22,23)4)27(5)16-7-6-11-25(27)29/h6,11,18-24H,7-10,12-17H2,1-5H3/t20-,21?,22-,23+,24?,26-,27-/m1/s1. The fourth-order valence-corrected chi connectivity index (χ4v) is 7.80. The third kappa shape index (κ3) is 4.28. The molecule has 2 fully saturated rings. The van der Waals surface area contributed by atoms with Crippen LogP contribution in [0.4, 0.5) is 0 Å². The Bertz CT molecular complexity index is 620. The number of hydrogen-bond donors (Lipinski definition) is 0. The number of ketones is 1. The van der Waals surface area contributed by atoms with Crippen molar-refractivity contribution in [2.24, 2.45) is 46.3 Å². The molecule has 7 atom stereocenters. The Kier molecular flexibility index (Phi) is 7.11. The van der Waals surface area contributed by atoms with E-state index in [2.05, 4.69) is 34.6 Å². The minimum atomic E-state index is -0.259. The van der Waals surface area contributed by atoms with E-state index in [4.69, 9.17) is 0 Å². The molecule has 2 saturated carbocycles. The number of allylic oxidation sites excluding steroid dienone is 2. The Morgan fingerprint density at radius 1 is 1.07 bits per heavy atom. The molecule has 3 aliphatic rings. The van der Waals surface area contributed by atoms with E-state index in [1.54, 1.807) is 0 Å². The third-order valence-electron chi connectivity index (χ3n) is 9.49. The molecule has 0 heterocycles. The van der Waals surface area contributed by atoms with Gasteiger partial charge in [0.15, 0.2) is 5.78 Å². The van der Waals surface area contributed by atoms with Crippen molar-refractivity contribution in [2.75, 3.05) is 0 Å². The molecule has 0 bridgehead atoms. The van der Waals surface area contributed by atoms with E-state index in [1.807, 2.05) is 12.2 Å². The van der Waals surface area contributed by atoms with Crippen LogP contribution in [0.25, 0.3) is 0 Å². The Balaban J connectivity index is 1.78. The Morgan fingerprint density at radius 3 is 2.48 bits per heavy atom. The van der Waals surface area contributed by atoms with Crippen LogP contribution in [-0.2, 0) is 9.59 Å². The minimum Gasteiger partial charge on any atom is -0.303 e. The van der Waals surface area contributed by atoms with Crippen LogP contribution in [0.5, 0.6) is 0 Å². The molecule has 0 saturated heterocycles. The van der Waals surface area contributed by atoms with Gasteiger partial charge in [-0.25, -0.2) is 0 Å². The Hall–Kier alpha value is -0.920. The monoisotopic (exact) mass is 400 g/mol. The minimum absolute atomic E-state index is 0.259. The second-order valence-corrected chi connectivity index (χ2v) is 11.5. The van der Waals surface area contributed by atoms with Gasteiger partial charge >= 0.3 is 0 Å². The molecular weight excluding hydrogens is 356 g/mol. The first kappa shape index (κ1) is 22.8. The van der Waals surface area contributed by atoms with Crippen LogP contribution in [-0.4, -0.2) is 12.1 Å². The molecule has 0 N–H and O–H groups in total. The average Bonchev–Trinajstić information content (AvgIpc) is 3.02. The Morgan fingerprint density at radius 2 is 1.83 bits per heavy atom. The van der Waals surface area contributed by atoms with Crippen molar-refractivity contribution in [1.82, 2.24) is 0 Å². The molecule has 2 heteroatoms. The lowest BCUT2D eigenvalue weighted by Gasteiger charge is -2.54. The summed E-state index contributed by atoms with van der Waals surface area (Å²) in [6.45, 7) is 11.9. The third-order valence-corrected chi connectivity index (χ3v) is 9.49. The molecule has 0 aromatic rings. The first-order valence-corrected chi connectivity index (χ1v) is 12.4. The zero-order valence-corrected chi connectivity index (χ0v) is 19.6. The van der Waals surface area contributed by atoms with E-state index < -0.39 is 0 Å².